The second kappa shape index (κ2) is 6.10. The van der Waals surface area contributed by atoms with Crippen LogP contribution in [0.25, 0.3) is 0 Å². The first-order valence-corrected chi connectivity index (χ1v) is 8.42. The van der Waals surface area contributed by atoms with Gasteiger partial charge < -0.3 is 10.5 Å². The Balaban J connectivity index is 1.91. The van der Waals surface area contributed by atoms with Gasteiger partial charge in [0.25, 0.3) is 0 Å². The molecule has 124 valence electrons. The molecule has 0 bridgehead atoms. The van der Waals surface area contributed by atoms with E-state index in [4.69, 9.17) is 15.5 Å². The van der Waals surface area contributed by atoms with E-state index in [-0.39, 0.29) is 0 Å². The lowest BCUT2D eigenvalue weighted by atomic mass is 9.88. The van der Waals surface area contributed by atoms with Gasteiger partial charge in [-0.2, -0.15) is 0 Å². The number of hydrogen-bond donors (Lipinski definition) is 1. The molecule has 0 amide bonds. The van der Waals surface area contributed by atoms with Crippen molar-refractivity contribution in [2.75, 3.05) is 5.73 Å². The monoisotopic (exact) mass is 328 g/mol. The number of fused-ring (bicyclic) bond motifs is 1. The Morgan fingerprint density at radius 2 is 1.56 bits per heavy atom. The number of ether oxygens (including phenoxy) is 1. The molecule has 0 saturated carbocycles. The van der Waals surface area contributed by atoms with Crippen molar-refractivity contribution < 1.29 is 4.74 Å². The van der Waals surface area contributed by atoms with Crippen LogP contribution >= 0.6 is 0 Å². The molecule has 1 unspecified atom stereocenters. The summed E-state index contributed by atoms with van der Waals surface area (Å²) >= 11 is 0. The van der Waals surface area contributed by atoms with Crippen molar-refractivity contribution in [2.45, 2.75) is 18.9 Å². The van der Waals surface area contributed by atoms with Gasteiger partial charge in [-0.3, -0.25) is 0 Å². The molecule has 0 aromatic heterocycles. The predicted molar refractivity (Wildman–Crippen MR) is 103 cm³/mol. The van der Waals surface area contributed by atoms with Gasteiger partial charge in [-0.25, -0.2) is 4.99 Å². The molecule has 25 heavy (non-hydrogen) atoms. The van der Waals surface area contributed by atoms with Crippen molar-refractivity contribution in [3.05, 3.63) is 90.0 Å². The fourth-order valence-electron chi connectivity index (χ4n) is 3.26. The van der Waals surface area contributed by atoms with Crippen LogP contribution < -0.4 is 10.5 Å². The molecule has 1 aliphatic rings. The normalized spacial score (nSPS) is 19.3. The summed E-state index contributed by atoms with van der Waals surface area (Å²) in [6, 6.07) is 26.2. The molecule has 4 rings (SSSR count). The fourth-order valence-corrected chi connectivity index (χ4v) is 3.26. The number of rotatable bonds is 2. The highest BCUT2D eigenvalue weighted by Crippen LogP contribution is 2.43. The molecule has 0 aliphatic carbocycles. The third kappa shape index (κ3) is 2.89. The molecular formula is C22H20N2O. The molecule has 0 fully saturated rings. The molecule has 3 heteroatoms. The van der Waals surface area contributed by atoms with Gasteiger partial charge >= 0.3 is 0 Å². The predicted octanol–water partition coefficient (Wildman–Crippen LogP) is 5.09. The van der Waals surface area contributed by atoms with E-state index >= 15 is 0 Å². The first-order chi connectivity index (χ1) is 12.2. The second-order valence-electron chi connectivity index (χ2n) is 6.49. The van der Waals surface area contributed by atoms with Crippen molar-refractivity contribution in [1.29, 1.82) is 0 Å². The van der Waals surface area contributed by atoms with E-state index in [1.807, 2.05) is 54.6 Å². The van der Waals surface area contributed by atoms with Gasteiger partial charge in [0, 0.05) is 6.42 Å². The van der Waals surface area contributed by atoms with Crippen LogP contribution in [0.5, 0.6) is 5.75 Å². The molecule has 3 aromatic rings. The topological polar surface area (TPSA) is 47.6 Å². The van der Waals surface area contributed by atoms with E-state index in [9.17, 15) is 0 Å². The lowest BCUT2D eigenvalue weighted by molar-refractivity contribution is 0.0980. The zero-order valence-electron chi connectivity index (χ0n) is 14.1. The van der Waals surface area contributed by atoms with Crippen molar-refractivity contribution in [1.82, 2.24) is 0 Å². The first-order valence-electron chi connectivity index (χ1n) is 8.42. The molecule has 1 heterocycles. The van der Waals surface area contributed by atoms with E-state index in [0.29, 0.717) is 17.8 Å². The largest absolute Gasteiger partial charge is 0.480 e. The average Bonchev–Trinajstić information content (AvgIpc) is 2.81. The standard InChI is InChI=1S/C22H20N2O/c1-22(17-11-6-3-7-12-17)15-19(16-9-4-2-5-10-16)24-21-18(23)13-8-14-20(21)25-22/h2-14H,15,23H2,1H3. The second-order valence-corrected chi connectivity index (χ2v) is 6.49. The minimum atomic E-state index is -0.519. The number of anilines is 1. The SMILES string of the molecule is CC1(c2ccccc2)CC(c2ccccc2)=Nc2c(N)cccc2O1. The average molecular weight is 328 g/mol. The van der Waals surface area contributed by atoms with Crippen LogP contribution in [0, 0.1) is 0 Å². The van der Waals surface area contributed by atoms with Crippen LogP contribution in [0.4, 0.5) is 11.4 Å². The number of para-hydroxylation sites is 1. The van der Waals surface area contributed by atoms with Gasteiger partial charge in [0.15, 0.2) is 0 Å². The Hall–Kier alpha value is -3.07. The van der Waals surface area contributed by atoms with Crippen molar-refractivity contribution in [3.8, 4) is 5.75 Å². The molecule has 0 saturated heterocycles. The summed E-state index contributed by atoms with van der Waals surface area (Å²) in [5.74, 6) is 0.720. The Kier molecular flexibility index (Phi) is 3.77. The third-order valence-electron chi connectivity index (χ3n) is 4.61. The maximum Gasteiger partial charge on any atom is 0.148 e. The fraction of sp³-hybridized carbons (Fsp3) is 0.136. The van der Waals surface area contributed by atoms with Crippen molar-refractivity contribution >= 4 is 17.1 Å². The summed E-state index contributed by atoms with van der Waals surface area (Å²) in [6.07, 6.45) is 0.662. The van der Waals surface area contributed by atoms with Crippen LogP contribution in [0.3, 0.4) is 0 Å². The molecule has 3 aromatic carbocycles. The highest BCUT2D eigenvalue weighted by atomic mass is 16.5. The molecule has 1 aliphatic heterocycles. The smallest absolute Gasteiger partial charge is 0.148 e. The van der Waals surface area contributed by atoms with E-state index in [0.717, 1.165) is 22.6 Å². The van der Waals surface area contributed by atoms with E-state index < -0.39 is 5.60 Å². The maximum absolute atomic E-state index is 6.47. The number of aliphatic imine (C=N–C) groups is 1. The van der Waals surface area contributed by atoms with Gasteiger partial charge in [-0.05, 0) is 30.2 Å². The van der Waals surface area contributed by atoms with Gasteiger partial charge in [-0.1, -0.05) is 66.7 Å². The Bertz CT molecular complexity index is 919. The number of nitrogens with two attached hydrogens (primary N) is 1. The number of nitrogens with zero attached hydrogens (tertiary/aromatic N) is 1. The lowest BCUT2D eigenvalue weighted by Crippen LogP contribution is -2.31. The van der Waals surface area contributed by atoms with Crippen molar-refractivity contribution in [3.63, 3.8) is 0 Å². The maximum atomic E-state index is 6.47. The summed E-state index contributed by atoms with van der Waals surface area (Å²) < 4.78 is 6.47. The molecule has 0 radical (unpaired) electrons. The zero-order valence-corrected chi connectivity index (χ0v) is 14.1. The van der Waals surface area contributed by atoms with Crippen LogP contribution in [-0.2, 0) is 5.60 Å². The highest BCUT2D eigenvalue weighted by molar-refractivity contribution is 6.04. The minimum Gasteiger partial charge on any atom is -0.480 e. The van der Waals surface area contributed by atoms with Gasteiger partial charge in [-0.15, -0.1) is 0 Å². The molecule has 2 N–H and O–H groups in total. The van der Waals surface area contributed by atoms with Crippen molar-refractivity contribution in [2.24, 2.45) is 4.99 Å². The zero-order chi connectivity index (χ0) is 17.3. The summed E-state index contributed by atoms with van der Waals surface area (Å²) in [5, 5.41) is 0. The summed E-state index contributed by atoms with van der Waals surface area (Å²) in [5.41, 5.74) is 10.2. The first kappa shape index (κ1) is 15.5. The highest BCUT2D eigenvalue weighted by Gasteiger charge is 2.34. The van der Waals surface area contributed by atoms with Crippen LogP contribution in [-0.4, -0.2) is 5.71 Å². The minimum absolute atomic E-state index is 0.519. The van der Waals surface area contributed by atoms with Gasteiger partial charge in [0.2, 0.25) is 0 Å². The molecule has 1 atom stereocenters. The summed E-state index contributed by atoms with van der Waals surface area (Å²) in [6.45, 7) is 2.11. The van der Waals surface area contributed by atoms with E-state index in [1.54, 1.807) is 0 Å². The quantitative estimate of drug-likeness (QED) is 0.666. The summed E-state index contributed by atoms with van der Waals surface area (Å²) in [4.78, 5) is 4.90. The third-order valence-corrected chi connectivity index (χ3v) is 4.61. The van der Waals surface area contributed by atoms with Crippen LogP contribution in [0.2, 0.25) is 0 Å². The molecular weight excluding hydrogens is 308 g/mol. The Morgan fingerprint density at radius 1 is 0.880 bits per heavy atom. The lowest BCUT2D eigenvalue weighted by Gasteiger charge is -2.30. The number of nitrogen functional groups attached to an aromatic ring is 1. The van der Waals surface area contributed by atoms with E-state index in [2.05, 4.69) is 31.2 Å². The molecule has 3 nitrogen and oxygen atoms in total. The van der Waals surface area contributed by atoms with Gasteiger partial charge in [0.05, 0.1) is 11.4 Å². The van der Waals surface area contributed by atoms with E-state index in [1.165, 1.54) is 0 Å². The van der Waals surface area contributed by atoms with Gasteiger partial charge in [0.1, 0.15) is 17.0 Å². The Labute approximate surface area is 147 Å². The van der Waals surface area contributed by atoms with Crippen LogP contribution in [0.1, 0.15) is 24.5 Å². The number of hydrogen-bond acceptors (Lipinski definition) is 3. The summed E-state index contributed by atoms with van der Waals surface area (Å²) in [7, 11) is 0. The Morgan fingerprint density at radius 3 is 2.28 bits per heavy atom. The number of benzene rings is 3. The van der Waals surface area contributed by atoms with Crippen LogP contribution in [0.15, 0.2) is 83.9 Å². The molecule has 0 spiro atoms.